The predicted molar refractivity (Wildman–Crippen MR) is 79.9 cm³/mol. The van der Waals surface area contributed by atoms with Crippen LogP contribution >= 0.6 is 11.6 Å². The molecule has 0 bridgehead atoms. The van der Waals surface area contributed by atoms with Crippen LogP contribution in [0.2, 0.25) is 5.02 Å². The van der Waals surface area contributed by atoms with Crippen LogP contribution in [0.15, 0.2) is 41.3 Å². The Kier molecular flexibility index (Phi) is 4.27. The van der Waals surface area contributed by atoms with Gasteiger partial charge in [-0.25, -0.2) is 0 Å². The lowest BCUT2D eigenvalue weighted by Crippen LogP contribution is -2.17. The van der Waals surface area contributed by atoms with Crippen molar-refractivity contribution >= 4 is 17.3 Å². The molecule has 0 radical (unpaired) electrons. The highest BCUT2D eigenvalue weighted by atomic mass is 35.5. The van der Waals surface area contributed by atoms with Crippen LogP contribution in [0.4, 0.5) is 5.69 Å². The van der Waals surface area contributed by atoms with Crippen LogP contribution in [0.1, 0.15) is 18.1 Å². The standard InChI is InChI=1S/C15H17ClN2O/c1-3-18-10-14(6-7-15(18)19)17-9-12-4-5-13(16)8-11(12)2/h4-8,10,17H,3,9H2,1-2H3. The number of nitrogens with one attached hydrogen (secondary N) is 1. The molecule has 0 aliphatic carbocycles. The van der Waals surface area contributed by atoms with Gasteiger partial charge < -0.3 is 9.88 Å². The average molecular weight is 277 g/mol. The first kappa shape index (κ1) is 13.7. The van der Waals surface area contributed by atoms with Gasteiger partial charge in [-0.1, -0.05) is 17.7 Å². The molecule has 0 saturated carbocycles. The van der Waals surface area contributed by atoms with Crippen molar-refractivity contribution in [2.45, 2.75) is 26.9 Å². The van der Waals surface area contributed by atoms with E-state index in [9.17, 15) is 4.79 Å². The third kappa shape index (κ3) is 3.38. The molecule has 2 aromatic rings. The monoisotopic (exact) mass is 276 g/mol. The Morgan fingerprint density at radius 1 is 1.26 bits per heavy atom. The molecule has 3 nitrogen and oxygen atoms in total. The van der Waals surface area contributed by atoms with Crippen molar-refractivity contribution in [1.29, 1.82) is 0 Å². The predicted octanol–water partition coefficient (Wildman–Crippen LogP) is 3.44. The third-order valence-electron chi connectivity index (χ3n) is 3.11. The number of hydrogen-bond acceptors (Lipinski definition) is 2. The highest BCUT2D eigenvalue weighted by Crippen LogP contribution is 2.16. The summed E-state index contributed by atoms with van der Waals surface area (Å²) in [7, 11) is 0. The number of aryl methyl sites for hydroxylation is 2. The van der Waals surface area contributed by atoms with Crippen molar-refractivity contribution in [2.75, 3.05) is 5.32 Å². The molecule has 0 fully saturated rings. The van der Waals surface area contributed by atoms with E-state index in [0.29, 0.717) is 13.1 Å². The maximum Gasteiger partial charge on any atom is 0.250 e. The average Bonchev–Trinajstić information content (AvgIpc) is 2.39. The molecule has 0 aliphatic heterocycles. The van der Waals surface area contributed by atoms with Crippen LogP contribution in [0.3, 0.4) is 0 Å². The second-order valence-electron chi connectivity index (χ2n) is 4.47. The minimum absolute atomic E-state index is 0.0238. The highest BCUT2D eigenvalue weighted by molar-refractivity contribution is 6.30. The Balaban J connectivity index is 2.12. The molecule has 0 spiro atoms. The van der Waals surface area contributed by atoms with Crippen molar-refractivity contribution in [3.8, 4) is 0 Å². The SMILES string of the molecule is CCn1cc(NCc2ccc(Cl)cc2C)ccc1=O. The first-order chi connectivity index (χ1) is 9.10. The zero-order chi connectivity index (χ0) is 13.8. The summed E-state index contributed by atoms with van der Waals surface area (Å²) in [4.78, 5) is 11.5. The summed E-state index contributed by atoms with van der Waals surface area (Å²) in [5.74, 6) is 0. The molecule has 4 heteroatoms. The summed E-state index contributed by atoms with van der Waals surface area (Å²) >= 11 is 5.93. The van der Waals surface area contributed by atoms with E-state index in [0.717, 1.165) is 16.3 Å². The molecule has 0 aliphatic rings. The lowest BCUT2D eigenvalue weighted by atomic mass is 10.1. The van der Waals surface area contributed by atoms with Crippen molar-refractivity contribution < 1.29 is 0 Å². The van der Waals surface area contributed by atoms with Gasteiger partial charge in [0, 0.05) is 30.4 Å². The summed E-state index contributed by atoms with van der Waals surface area (Å²) < 4.78 is 1.68. The molecule has 0 amide bonds. The van der Waals surface area contributed by atoms with E-state index in [-0.39, 0.29) is 5.56 Å². The molecule has 1 N–H and O–H groups in total. The first-order valence-electron chi connectivity index (χ1n) is 6.29. The molecule has 2 rings (SSSR count). The molecule has 0 unspecified atom stereocenters. The van der Waals surface area contributed by atoms with Gasteiger partial charge in [-0.2, -0.15) is 0 Å². The zero-order valence-electron chi connectivity index (χ0n) is 11.1. The molecule has 100 valence electrons. The summed E-state index contributed by atoms with van der Waals surface area (Å²) in [5.41, 5.74) is 3.31. The fourth-order valence-electron chi connectivity index (χ4n) is 1.94. The number of pyridine rings is 1. The smallest absolute Gasteiger partial charge is 0.250 e. The van der Waals surface area contributed by atoms with E-state index < -0.39 is 0 Å². The number of anilines is 1. The van der Waals surface area contributed by atoms with Crippen molar-refractivity contribution in [1.82, 2.24) is 4.57 Å². The normalized spacial score (nSPS) is 10.5. The Hall–Kier alpha value is -1.74. The number of benzene rings is 1. The van der Waals surface area contributed by atoms with Gasteiger partial charge in [-0.05, 0) is 43.2 Å². The first-order valence-corrected chi connectivity index (χ1v) is 6.67. The van der Waals surface area contributed by atoms with Gasteiger partial charge in [0.2, 0.25) is 0 Å². The maximum atomic E-state index is 11.5. The van der Waals surface area contributed by atoms with Crippen molar-refractivity contribution in [2.24, 2.45) is 0 Å². The summed E-state index contributed by atoms with van der Waals surface area (Å²) in [6, 6.07) is 9.24. The van der Waals surface area contributed by atoms with E-state index in [1.165, 1.54) is 5.56 Å². The summed E-state index contributed by atoms with van der Waals surface area (Å²) in [5, 5.41) is 4.07. The van der Waals surface area contributed by atoms with E-state index in [1.807, 2.05) is 38.2 Å². The molecule has 0 atom stereocenters. The fraction of sp³-hybridized carbons (Fsp3) is 0.267. The van der Waals surface area contributed by atoms with Gasteiger partial charge in [0.1, 0.15) is 0 Å². The van der Waals surface area contributed by atoms with Gasteiger partial charge >= 0.3 is 0 Å². The largest absolute Gasteiger partial charge is 0.380 e. The van der Waals surface area contributed by atoms with Gasteiger partial charge in [0.15, 0.2) is 0 Å². The van der Waals surface area contributed by atoms with Crippen LogP contribution in [-0.4, -0.2) is 4.57 Å². The van der Waals surface area contributed by atoms with E-state index in [4.69, 9.17) is 11.6 Å². The molecule has 19 heavy (non-hydrogen) atoms. The Labute approximate surface area is 117 Å². The number of halogens is 1. The summed E-state index contributed by atoms with van der Waals surface area (Å²) in [6.07, 6.45) is 1.84. The quantitative estimate of drug-likeness (QED) is 0.928. The van der Waals surface area contributed by atoms with Crippen LogP contribution in [0.5, 0.6) is 0 Å². The van der Waals surface area contributed by atoms with Crippen LogP contribution in [0, 0.1) is 6.92 Å². The van der Waals surface area contributed by atoms with Gasteiger partial charge in [-0.3, -0.25) is 4.79 Å². The lowest BCUT2D eigenvalue weighted by Gasteiger charge is -2.11. The molecule has 0 saturated heterocycles. The number of hydrogen-bond donors (Lipinski definition) is 1. The number of rotatable bonds is 4. The summed E-state index contributed by atoms with van der Waals surface area (Å²) in [6.45, 7) is 5.38. The van der Waals surface area contributed by atoms with E-state index >= 15 is 0 Å². The zero-order valence-corrected chi connectivity index (χ0v) is 11.9. The molecule has 1 aromatic carbocycles. The van der Waals surface area contributed by atoms with Gasteiger partial charge in [-0.15, -0.1) is 0 Å². The van der Waals surface area contributed by atoms with Gasteiger partial charge in [0.25, 0.3) is 5.56 Å². The minimum atomic E-state index is 0.0238. The Morgan fingerprint density at radius 2 is 2.05 bits per heavy atom. The molecular weight excluding hydrogens is 260 g/mol. The fourth-order valence-corrected chi connectivity index (χ4v) is 2.16. The van der Waals surface area contributed by atoms with Crippen LogP contribution in [-0.2, 0) is 13.1 Å². The van der Waals surface area contributed by atoms with Crippen molar-refractivity contribution in [3.63, 3.8) is 0 Å². The van der Waals surface area contributed by atoms with Gasteiger partial charge in [0.05, 0.1) is 5.69 Å². The Bertz CT molecular complexity index is 634. The Morgan fingerprint density at radius 3 is 2.74 bits per heavy atom. The minimum Gasteiger partial charge on any atom is -0.380 e. The van der Waals surface area contributed by atoms with E-state index in [1.54, 1.807) is 16.7 Å². The van der Waals surface area contributed by atoms with Crippen LogP contribution < -0.4 is 10.9 Å². The number of nitrogens with zero attached hydrogens (tertiary/aromatic N) is 1. The topological polar surface area (TPSA) is 34.0 Å². The van der Waals surface area contributed by atoms with E-state index in [2.05, 4.69) is 5.32 Å². The molecule has 1 aromatic heterocycles. The lowest BCUT2D eigenvalue weighted by molar-refractivity contribution is 0.727. The second kappa shape index (κ2) is 5.93. The maximum absolute atomic E-state index is 11.5. The molecule has 1 heterocycles. The highest BCUT2D eigenvalue weighted by Gasteiger charge is 2.01. The van der Waals surface area contributed by atoms with Crippen molar-refractivity contribution in [3.05, 3.63) is 63.0 Å². The second-order valence-corrected chi connectivity index (χ2v) is 4.90. The number of aromatic nitrogens is 1. The molecular formula is C15H17ClN2O. The third-order valence-corrected chi connectivity index (χ3v) is 3.35. The van der Waals surface area contributed by atoms with Crippen LogP contribution in [0.25, 0.3) is 0 Å².